The first-order chi connectivity index (χ1) is 14.7. The van der Waals surface area contributed by atoms with Gasteiger partial charge in [0, 0.05) is 33.8 Å². The van der Waals surface area contributed by atoms with Crippen LogP contribution in [0, 0.1) is 0 Å². The van der Waals surface area contributed by atoms with Crippen molar-refractivity contribution in [3.8, 4) is 11.3 Å². The zero-order chi connectivity index (χ0) is 20.6. The van der Waals surface area contributed by atoms with Crippen LogP contribution in [0.25, 0.3) is 11.3 Å². The number of nitrogens with one attached hydrogen (secondary N) is 2. The second-order valence-electron chi connectivity index (χ2n) is 8.20. The molecule has 6 heteroatoms. The largest absolute Gasteiger partial charge is 0.354 e. The minimum atomic E-state index is 0.202. The van der Waals surface area contributed by atoms with Crippen LogP contribution >= 0.6 is 23.2 Å². The first-order valence-corrected chi connectivity index (χ1v) is 11.3. The Kier molecular flexibility index (Phi) is 5.40. The van der Waals surface area contributed by atoms with Crippen LogP contribution in [0.5, 0.6) is 0 Å². The van der Waals surface area contributed by atoms with Gasteiger partial charge in [-0.25, -0.2) is 9.97 Å². The monoisotopic (exact) mass is 438 g/mol. The van der Waals surface area contributed by atoms with Crippen molar-refractivity contribution in [2.24, 2.45) is 0 Å². The van der Waals surface area contributed by atoms with Crippen molar-refractivity contribution >= 4 is 29.2 Å². The van der Waals surface area contributed by atoms with Crippen LogP contribution in [-0.4, -0.2) is 29.6 Å². The molecule has 1 saturated heterocycles. The molecule has 1 aliphatic carbocycles. The van der Waals surface area contributed by atoms with E-state index in [1.807, 2.05) is 24.4 Å². The van der Waals surface area contributed by atoms with E-state index < -0.39 is 0 Å². The lowest BCUT2D eigenvalue weighted by Crippen LogP contribution is -2.43. The smallest absolute Gasteiger partial charge is 0.223 e. The molecule has 30 heavy (non-hydrogen) atoms. The van der Waals surface area contributed by atoms with Crippen LogP contribution in [0.15, 0.2) is 48.7 Å². The number of nitrogens with zero attached hydrogens (tertiary/aromatic N) is 2. The van der Waals surface area contributed by atoms with Crippen molar-refractivity contribution in [3.05, 3.63) is 75.4 Å². The van der Waals surface area contributed by atoms with Crippen molar-refractivity contribution < 1.29 is 0 Å². The average molecular weight is 439 g/mol. The molecule has 2 aromatic carbocycles. The lowest BCUT2D eigenvalue weighted by molar-refractivity contribution is 0.302. The Hall–Kier alpha value is -2.14. The van der Waals surface area contributed by atoms with E-state index in [1.165, 1.54) is 16.7 Å². The number of hydrogen-bond donors (Lipinski definition) is 2. The molecule has 1 spiro atoms. The van der Waals surface area contributed by atoms with E-state index >= 15 is 0 Å². The maximum absolute atomic E-state index is 6.29. The standard InChI is InChI=1S/C24H24Cl2N4/c25-20-6-3-7-21(26)18(20)8-11-28-23-29-15-16-14-24(9-12-27-13-10-24)19-5-2-1-4-17(19)22(16)30-23/h1-7,15,27H,8-14H2,(H,28,29,30). The topological polar surface area (TPSA) is 49.8 Å². The van der Waals surface area contributed by atoms with Gasteiger partial charge in [-0.2, -0.15) is 0 Å². The zero-order valence-electron chi connectivity index (χ0n) is 16.7. The molecular formula is C24H24Cl2N4. The van der Waals surface area contributed by atoms with Gasteiger partial charge >= 0.3 is 0 Å². The minimum Gasteiger partial charge on any atom is -0.354 e. The molecule has 4 nitrogen and oxygen atoms in total. The summed E-state index contributed by atoms with van der Waals surface area (Å²) in [4.78, 5) is 9.52. The van der Waals surface area contributed by atoms with E-state index in [0.29, 0.717) is 29.0 Å². The molecule has 5 rings (SSSR count). The number of benzene rings is 2. The summed E-state index contributed by atoms with van der Waals surface area (Å²) in [6.07, 6.45) is 6.04. The lowest BCUT2D eigenvalue weighted by Gasteiger charge is -2.42. The Morgan fingerprint density at radius 1 is 1.00 bits per heavy atom. The molecular weight excluding hydrogens is 415 g/mol. The highest BCUT2D eigenvalue weighted by molar-refractivity contribution is 6.36. The van der Waals surface area contributed by atoms with E-state index in [9.17, 15) is 0 Å². The third-order valence-corrected chi connectivity index (χ3v) is 7.14. The van der Waals surface area contributed by atoms with Gasteiger partial charge < -0.3 is 10.6 Å². The summed E-state index contributed by atoms with van der Waals surface area (Å²) in [6, 6.07) is 14.4. The number of piperidine rings is 1. The summed E-state index contributed by atoms with van der Waals surface area (Å²) in [5.74, 6) is 0.646. The van der Waals surface area contributed by atoms with Gasteiger partial charge in [0.05, 0.1) is 5.69 Å². The molecule has 0 saturated carbocycles. The van der Waals surface area contributed by atoms with Crippen molar-refractivity contribution in [3.63, 3.8) is 0 Å². The van der Waals surface area contributed by atoms with Gasteiger partial charge in [-0.1, -0.05) is 53.5 Å². The first kappa shape index (κ1) is 19.8. The molecule has 0 unspecified atom stereocenters. The molecule has 1 aromatic heterocycles. The average Bonchev–Trinajstić information content (AvgIpc) is 2.77. The van der Waals surface area contributed by atoms with Gasteiger partial charge in [0.2, 0.25) is 5.95 Å². The third-order valence-electron chi connectivity index (χ3n) is 6.43. The van der Waals surface area contributed by atoms with Gasteiger partial charge in [-0.3, -0.25) is 0 Å². The normalized spacial score (nSPS) is 16.7. The van der Waals surface area contributed by atoms with E-state index in [0.717, 1.165) is 43.6 Å². The van der Waals surface area contributed by atoms with E-state index in [1.54, 1.807) is 0 Å². The van der Waals surface area contributed by atoms with Gasteiger partial charge in [0.15, 0.2) is 0 Å². The van der Waals surface area contributed by atoms with Crippen LogP contribution in [0.1, 0.15) is 29.5 Å². The van der Waals surface area contributed by atoms with Crippen LogP contribution in [0.2, 0.25) is 10.0 Å². The summed E-state index contributed by atoms with van der Waals surface area (Å²) in [7, 11) is 0. The molecule has 2 heterocycles. The zero-order valence-corrected chi connectivity index (χ0v) is 18.2. The van der Waals surface area contributed by atoms with Gasteiger partial charge in [-0.15, -0.1) is 0 Å². The number of halogens is 2. The summed E-state index contributed by atoms with van der Waals surface area (Å²) >= 11 is 12.6. The fourth-order valence-corrected chi connectivity index (χ4v) is 5.47. The van der Waals surface area contributed by atoms with Crippen molar-refractivity contribution in [1.82, 2.24) is 15.3 Å². The SMILES string of the molecule is Clc1cccc(Cl)c1CCNc1ncc2c(n1)-c1ccccc1C1(CCNCC1)C2. The highest BCUT2D eigenvalue weighted by Crippen LogP contribution is 2.46. The molecule has 0 bridgehead atoms. The molecule has 154 valence electrons. The molecule has 3 aromatic rings. The van der Waals surface area contributed by atoms with Crippen molar-refractivity contribution in [1.29, 1.82) is 0 Å². The van der Waals surface area contributed by atoms with Gasteiger partial charge in [0.1, 0.15) is 0 Å². The van der Waals surface area contributed by atoms with Crippen LogP contribution in [0.3, 0.4) is 0 Å². The molecule has 1 fully saturated rings. The summed E-state index contributed by atoms with van der Waals surface area (Å²) < 4.78 is 0. The number of anilines is 1. The van der Waals surface area contributed by atoms with Crippen LogP contribution in [-0.2, 0) is 18.3 Å². The number of aromatic nitrogens is 2. The maximum atomic E-state index is 6.29. The van der Waals surface area contributed by atoms with E-state index in [4.69, 9.17) is 28.2 Å². The molecule has 2 N–H and O–H groups in total. The lowest BCUT2D eigenvalue weighted by atomic mass is 9.64. The predicted molar refractivity (Wildman–Crippen MR) is 124 cm³/mol. The van der Waals surface area contributed by atoms with Crippen LogP contribution < -0.4 is 10.6 Å². The number of rotatable bonds is 4. The quantitative estimate of drug-likeness (QED) is 0.581. The number of fused-ring (bicyclic) bond motifs is 4. The fraction of sp³-hybridized carbons (Fsp3) is 0.333. The molecule has 0 radical (unpaired) electrons. The van der Waals surface area contributed by atoms with E-state index in [2.05, 4.69) is 39.9 Å². The van der Waals surface area contributed by atoms with Gasteiger partial charge in [-0.05, 0) is 67.6 Å². The summed E-state index contributed by atoms with van der Waals surface area (Å²) in [5.41, 5.74) is 6.14. The minimum absolute atomic E-state index is 0.202. The predicted octanol–water partition coefficient (Wildman–Crippen LogP) is 5.28. The molecule has 0 atom stereocenters. The number of hydrogen-bond acceptors (Lipinski definition) is 4. The van der Waals surface area contributed by atoms with Crippen molar-refractivity contribution in [2.45, 2.75) is 31.1 Å². The Labute approximate surface area is 187 Å². The Bertz CT molecular complexity index is 1060. The fourth-order valence-electron chi connectivity index (χ4n) is 4.89. The summed E-state index contributed by atoms with van der Waals surface area (Å²) in [5, 5.41) is 8.24. The van der Waals surface area contributed by atoms with E-state index in [-0.39, 0.29) is 5.41 Å². The first-order valence-electron chi connectivity index (χ1n) is 10.5. The Balaban J connectivity index is 1.40. The maximum Gasteiger partial charge on any atom is 0.223 e. The Morgan fingerprint density at radius 2 is 1.77 bits per heavy atom. The molecule has 1 aliphatic heterocycles. The van der Waals surface area contributed by atoms with Crippen LogP contribution in [0.4, 0.5) is 5.95 Å². The molecule has 0 amide bonds. The highest BCUT2D eigenvalue weighted by Gasteiger charge is 2.40. The third kappa shape index (κ3) is 3.58. The van der Waals surface area contributed by atoms with Gasteiger partial charge in [0.25, 0.3) is 0 Å². The second kappa shape index (κ2) is 8.18. The highest BCUT2D eigenvalue weighted by atomic mass is 35.5. The Morgan fingerprint density at radius 3 is 2.57 bits per heavy atom. The second-order valence-corrected chi connectivity index (χ2v) is 9.01. The van der Waals surface area contributed by atoms with Crippen molar-refractivity contribution in [2.75, 3.05) is 25.0 Å². The molecule has 2 aliphatic rings. The summed E-state index contributed by atoms with van der Waals surface area (Å²) in [6.45, 7) is 2.79.